The molecule has 8 heteroatoms. The van der Waals surface area contributed by atoms with E-state index in [1.807, 2.05) is 5.48 Å². The van der Waals surface area contributed by atoms with E-state index in [0.717, 1.165) is 38.8 Å². The maximum Gasteiger partial charge on any atom is 0.242 e. The first kappa shape index (κ1) is 24.5. The van der Waals surface area contributed by atoms with E-state index in [1.54, 1.807) is 13.8 Å². The highest BCUT2D eigenvalue weighted by molar-refractivity contribution is 5.90. The fraction of sp³-hybridized carbons (Fsp3) is 0.833. The number of hydroxylamine groups is 1. The molecule has 0 aromatic heterocycles. The number of aldehydes is 1. The highest BCUT2D eigenvalue weighted by atomic mass is 16.5. The highest BCUT2D eigenvalue weighted by Crippen LogP contribution is 2.06. The minimum absolute atomic E-state index is 0.0865. The summed E-state index contributed by atoms with van der Waals surface area (Å²) >= 11 is 0. The van der Waals surface area contributed by atoms with Gasteiger partial charge in [-0.1, -0.05) is 27.2 Å². The van der Waals surface area contributed by atoms with E-state index in [4.69, 9.17) is 5.21 Å². The standard InChI is InChI=1S/C18H36N4O4/c1-5-6-11-22(4)12-8-7-9-15(17(24)19-10-13-23)20-18(25)16(21-26)14(2)3/h13-16,21,26H,5-12H2,1-4H3,(H,19,24)(H,20,25)/t15?,16-/m0/s1. The second-order valence-corrected chi connectivity index (χ2v) is 6.98. The largest absolute Gasteiger partial charge is 0.348 e. The number of unbranched alkanes of at least 4 members (excludes halogenated alkanes) is 2. The number of carbonyl (C=O) groups is 3. The molecule has 0 saturated heterocycles. The number of nitrogens with one attached hydrogen (secondary N) is 3. The van der Waals surface area contributed by atoms with Gasteiger partial charge in [0, 0.05) is 0 Å². The number of rotatable bonds is 15. The number of hydrogen-bond acceptors (Lipinski definition) is 6. The van der Waals surface area contributed by atoms with Crippen molar-refractivity contribution in [2.24, 2.45) is 5.92 Å². The minimum Gasteiger partial charge on any atom is -0.348 e. The van der Waals surface area contributed by atoms with Gasteiger partial charge in [-0.05, 0) is 51.7 Å². The summed E-state index contributed by atoms with van der Waals surface area (Å²) in [7, 11) is 2.08. The summed E-state index contributed by atoms with van der Waals surface area (Å²) in [4.78, 5) is 37.2. The van der Waals surface area contributed by atoms with Crippen molar-refractivity contribution in [2.45, 2.75) is 65.0 Å². The molecule has 2 amide bonds. The summed E-state index contributed by atoms with van der Waals surface area (Å²) in [5.74, 6) is -0.954. The van der Waals surface area contributed by atoms with E-state index in [2.05, 4.69) is 29.5 Å². The predicted molar refractivity (Wildman–Crippen MR) is 101 cm³/mol. The van der Waals surface area contributed by atoms with Gasteiger partial charge < -0.3 is 25.5 Å². The van der Waals surface area contributed by atoms with Crippen LogP contribution in [0.2, 0.25) is 0 Å². The maximum absolute atomic E-state index is 12.3. The van der Waals surface area contributed by atoms with Gasteiger partial charge in [-0.3, -0.25) is 9.59 Å². The van der Waals surface area contributed by atoms with E-state index in [1.165, 1.54) is 0 Å². The molecule has 0 saturated carbocycles. The molecule has 0 heterocycles. The Morgan fingerprint density at radius 1 is 1.12 bits per heavy atom. The van der Waals surface area contributed by atoms with E-state index >= 15 is 0 Å². The van der Waals surface area contributed by atoms with Crippen molar-refractivity contribution in [3.63, 3.8) is 0 Å². The fourth-order valence-electron chi connectivity index (χ4n) is 2.58. The molecule has 152 valence electrons. The van der Waals surface area contributed by atoms with Gasteiger partial charge in [0.25, 0.3) is 0 Å². The van der Waals surface area contributed by atoms with Crippen LogP contribution in [0.3, 0.4) is 0 Å². The molecule has 4 N–H and O–H groups in total. The van der Waals surface area contributed by atoms with Crippen molar-refractivity contribution in [3.05, 3.63) is 0 Å². The molecule has 0 fully saturated rings. The van der Waals surface area contributed by atoms with Crippen LogP contribution in [0.15, 0.2) is 0 Å². The van der Waals surface area contributed by atoms with Crippen molar-refractivity contribution in [1.29, 1.82) is 0 Å². The molecule has 0 aliphatic carbocycles. The Bertz CT molecular complexity index is 418. The van der Waals surface area contributed by atoms with Gasteiger partial charge in [0.2, 0.25) is 11.8 Å². The highest BCUT2D eigenvalue weighted by Gasteiger charge is 2.26. The molecular weight excluding hydrogens is 336 g/mol. The van der Waals surface area contributed by atoms with E-state index in [0.29, 0.717) is 12.7 Å². The number of amides is 2. The first-order valence-corrected chi connectivity index (χ1v) is 9.47. The van der Waals surface area contributed by atoms with E-state index < -0.39 is 18.0 Å². The summed E-state index contributed by atoms with van der Waals surface area (Å²) < 4.78 is 0. The van der Waals surface area contributed by atoms with Crippen LogP contribution >= 0.6 is 0 Å². The van der Waals surface area contributed by atoms with Crippen LogP contribution < -0.4 is 16.1 Å². The molecule has 8 nitrogen and oxygen atoms in total. The van der Waals surface area contributed by atoms with Crippen LogP contribution in [-0.4, -0.2) is 67.0 Å². The lowest BCUT2D eigenvalue weighted by molar-refractivity contribution is -0.132. The molecule has 0 spiro atoms. The van der Waals surface area contributed by atoms with E-state index in [-0.39, 0.29) is 18.4 Å². The summed E-state index contributed by atoms with van der Waals surface area (Å²) in [5.41, 5.74) is 1.98. The average molecular weight is 373 g/mol. The zero-order chi connectivity index (χ0) is 19.9. The Balaban J connectivity index is 4.58. The van der Waals surface area contributed by atoms with Crippen molar-refractivity contribution in [3.8, 4) is 0 Å². The van der Waals surface area contributed by atoms with Crippen LogP contribution in [0.4, 0.5) is 0 Å². The van der Waals surface area contributed by atoms with Gasteiger partial charge in [-0.25, -0.2) is 0 Å². The molecule has 0 aromatic rings. The minimum atomic E-state index is -0.795. The zero-order valence-corrected chi connectivity index (χ0v) is 16.6. The molecule has 0 aromatic carbocycles. The van der Waals surface area contributed by atoms with Crippen molar-refractivity contribution in [2.75, 3.05) is 26.7 Å². The number of nitrogens with zero attached hydrogens (tertiary/aromatic N) is 1. The molecule has 1 unspecified atom stereocenters. The van der Waals surface area contributed by atoms with Crippen LogP contribution in [0, 0.1) is 5.92 Å². The molecular formula is C18H36N4O4. The smallest absolute Gasteiger partial charge is 0.242 e. The first-order chi connectivity index (χ1) is 12.4. The molecule has 0 aliphatic rings. The predicted octanol–water partition coefficient (Wildman–Crippen LogP) is 0.692. The van der Waals surface area contributed by atoms with Crippen LogP contribution in [0.25, 0.3) is 0 Å². The summed E-state index contributed by atoms with van der Waals surface area (Å²) in [5, 5.41) is 14.3. The van der Waals surface area contributed by atoms with Crippen LogP contribution in [0.5, 0.6) is 0 Å². The van der Waals surface area contributed by atoms with Gasteiger partial charge in [0.1, 0.15) is 18.4 Å². The Morgan fingerprint density at radius 2 is 1.77 bits per heavy atom. The van der Waals surface area contributed by atoms with Gasteiger partial charge in [0.15, 0.2) is 0 Å². The SMILES string of the molecule is CCCCN(C)CCCCC(NC(=O)[C@@H](NO)C(C)C)C(=O)NCC=O. The number of carbonyl (C=O) groups excluding carboxylic acids is 3. The second-order valence-electron chi connectivity index (χ2n) is 6.98. The quantitative estimate of drug-likeness (QED) is 0.191. The Kier molecular flexibility index (Phi) is 13.8. The molecule has 0 rings (SSSR count). The topological polar surface area (TPSA) is 111 Å². The molecule has 0 bridgehead atoms. The molecule has 26 heavy (non-hydrogen) atoms. The summed E-state index contributed by atoms with van der Waals surface area (Å²) in [6.07, 6.45) is 5.09. The van der Waals surface area contributed by atoms with Crippen molar-refractivity contribution in [1.82, 2.24) is 21.0 Å². The first-order valence-electron chi connectivity index (χ1n) is 9.47. The Labute approximate surface area is 157 Å². The zero-order valence-electron chi connectivity index (χ0n) is 16.6. The third-order valence-electron chi connectivity index (χ3n) is 4.26. The van der Waals surface area contributed by atoms with Crippen LogP contribution in [-0.2, 0) is 14.4 Å². The second kappa shape index (κ2) is 14.6. The van der Waals surface area contributed by atoms with Crippen molar-refractivity contribution >= 4 is 18.1 Å². The maximum atomic E-state index is 12.3. The third-order valence-corrected chi connectivity index (χ3v) is 4.26. The normalized spacial score (nSPS) is 13.5. The summed E-state index contributed by atoms with van der Waals surface area (Å²) in [6.45, 7) is 7.64. The number of hydrogen-bond donors (Lipinski definition) is 4. The average Bonchev–Trinajstić information content (AvgIpc) is 2.60. The third kappa shape index (κ3) is 10.5. The van der Waals surface area contributed by atoms with Gasteiger partial charge in [-0.2, -0.15) is 5.48 Å². The molecule has 2 atom stereocenters. The lowest BCUT2D eigenvalue weighted by Crippen LogP contribution is -2.54. The molecule has 0 aliphatic heterocycles. The molecule has 0 radical (unpaired) electrons. The van der Waals surface area contributed by atoms with Crippen LogP contribution in [0.1, 0.15) is 52.9 Å². The lowest BCUT2D eigenvalue weighted by Gasteiger charge is -2.23. The Morgan fingerprint density at radius 3 is 2.31 bits per heavy atom. The monoisotopic (exact) mass is 372 g/mol. The lowest BCUT2D eigenvalue weighted by atomic mass is 10.0. The van der Waals surface area contributed by atoms with Gasteiger partial charge >= 0.3 is 0 Å². The Hall–Kier alpha value is -1.51. The fourth-order valence-corrected chi connectivity index (χ4v) is 2.58. The van der Waals surface area contributed by atoms with Gasteiger partial charge in [-0.15, -0.1) is 0 Å². The van der Waals surface area contributed by atoms with Gasteiger partial charge in [0.05, 0.1) is 6.54 Å². The summed E-state index contributed by atoms with van der Waals surface area (Å²) in [6, 6.07) is -1.52. The van der Waals surface area contributed by atoms with Crippen molar-refractivity contribution < 1.29 is 19.6 Å². The van der Waals surface area contributed by atoms with E-state index in [9.17, 15) is 14.4 Å².